The Hall–Kier alpha value is -2.74. The van der Waals surface area contributed by atoms with Gasteiger partial charge in [0.15, 0.2) is 5.82 Å². The quantitative estimate of drug-likeness (QED) is 0.769. The van der Waals surface area contributed by atoms with Gasteiger partial charge in [0.1, 0.15) is 5.54 Å². The summed E-state index contributed by atoms with van der Waals surface area (Å²) in [5.74, 6) is 0.942. The summed E-state index contributed by atoms with van der Waals surface area (Å²) >= 11 is 0. The van der Waals surface area contributed by atoms with Gasteiger partial charge in [-0.15, -0.1) is 0 Å². The molecule has 0 radical (unpaired) electrons. The number of aromatic nitrogens is 4. The normalized spacial score (nSPS) is 21.0. The lowest BCUT2D eigenvalue weighted by Crippen LogP contribution is -2.47. The fraction of sp³-hybridized carbons (Fsp3) is 0.412. The van der Waals surface area contributed by atoms with Crippen molar-refractivity contribution >= 4 is 11.4 Å². The number of carbonyl (C=O) groups is 1. The maximum absolute atomic E-state index is 11.8. The molecule has 25 heavy (non-hydrogen) atoms. The fourth-order valence-electron chi connectivity index (χ4n) is 3.53. The Kier molecular flexibility index (Phi) is 3.76. The van der Waals surface area contributed by atoms with E-state index in [4.69, 9.17) is 4.52 Å². The first-order valence-corrected chi connectivity index (χ1v) is 8.29. The average molecular weight is 340 g/mol. The molecule has 1 atom stereocenters. The van der Waals surface area contributed by atoms with Crippen LogP contribution in [0.5, 0.6) is 0 Å². The number of likely N-dealkylation sites (tertiary alicyclic amines) is 1. The molecule has 0 spiro atoms. The second kappa shape index (κ2) is 5.96. The van der Waals surface area contributed by atoms with Crippen LogP contribution in [-0.2, 0) is 16.9 Å². The number of fused-ring (bicyclic) bond motifs is 1. The second-order valence-corrected chi connectivity index (χ2v) is 6.57. The summed E-state index contributed by atoms with van der Waals surface area (Å²) < 4.78 is 7.26. The molecule has 1 unspecified atom stereocenters. The predicted molar refractivity (Wildman–Crippen MR) is 89.6 cm³/mol. The van der Waals surface area contributed by atoms with Crippen LogP contribution in [0, 0.1) is 6.92 Å². The van der Waals surface area contributed by atoms with E-state index < -0.39 is 5.54 Å². The van der Waals surface area contributed by atoms with Crippen LogP contribution < -0.4 is 5.32 Å². The van der Waals surface area contributed by atoms with Crippen molar-refractivity contribution in [3.05, 3.63) is 47.9 Å². The molecule has 8 nitrogen and oxygen atoms in total. The van der Waals surface area contributed by atoms with E-state index in [-0.39, 0.29) is 5.91 Å². The SMILES string of the molecule is CC(=O)NC1(c2nc(C)no2)CCN(Cc2cnn3ccccc23)C1. The Labute approximate surface area is 144 Å². The molecule has 4 heterocycles. The number of rotatable bonds is 4. The molecule has 1 N–H and O–H groups in total. The zero-order valence-corrected chi connectivity index (χ0v) is 14.3. The molecule has 1 saturated heterocycles. The minimum absolute atomic E-state index is 0.103. The van der Waals surface area contributed by atoms with Gasteiger partial charge in [-0.2, -0.15) is 10.1 Å². The number of hydrogen-bond acceptors (Lipinski definition) is 6. The van der Waals surface area contributed by atoms with E-state index in [2.05, 4.69) is 31.5 Å². The van der Waals surface area contributed by atoms with E-state index in [1.807, 2.05) is 29.0 Å². The fourth-order valence-corrected chi connectivity index (χ4v) is 3.53. The van der Waals surface area contributed by atoms with Gasteiger partial charge in [-0.3, -0.25) is 9.69 Å². The first-order chi connectivity index (χ1) is 12.1. The molecular weight excluding hydrogens is 320 g/mol. The van der Waals surface area contributed by atoms with E-state index in [0.717, 1.165) is 30.6 Å². The Bertz CT molecular complexity index is 917. The van der Waals surface area contributed by atoms with Gasteiger partial charge in [0.25, 0.3) is 5.89 Å². The molecule has 0 saturated carbocycles. The van der Waals surface area contributed by atoms with Crippen LogP contribution in [0.2, 0.25) is 0 Å². The molecule has 130 valence electrons. The van der Waals surface area contributed by atoms with Gasteiger partial charge in [-0.1, -0.05) is 11.2 Å². The number of nitrogens with zero attached hydrogens (tertiary/aromatic N) is 5. The summed E-state index contributed by atoms with van der Waals surface area (Å²) in [5.41, 5.74) is 1.62. The Morgan fingerprint density at radius 1 is 1.44 bits per heavy atom. The summed E-state index contributed by atoms with van der Waals surface area (Å²) in [5, 5.41) is 11.3. The summed E-state index contributed by atoms with van der Waals surface area (Å²) in [4.78, 5) is 18.4. The van der Waals surface area contributed by atoms with Crippen molar-refractivity contribution in [2.75, 3.05) is 13.1 Å². The first-order valence-electron chi connectivity index (χ1n) is 8.29. The zero-order valence-electron chi connectivity index (χ0n) is 14.3. The third kappa shape index (κ3) is 2.89. The number of carbonyl (C=O) groups excluding carboxylic acids is 1. The van der Waals surface area contributed by atoms with Crippen LogP contribution in [0.4, 0.5) is 0 Å². The number of amides is 1. The smallest absolute Gasteiger partial charge is 0.253 e. The van der Waals surface area contributed by atoms with Crippen molar-refractivity contribution in [2.24, 2.45) is 0 Å². The summed E-state index contributed by atoms with van der Waals surface area (Å²) in [7, 11) is 0. The van der Waals surface area contributed by atoms with Crippen molar-refractivity contribution in [1.82, 2.24) is 30.0 Å². The summed E-state index contributed by atoms with van der Waals surface area (Å²) in [6.45, 7) is 5.49. The molecule has 8 heteroatoms. The lowest BCUT2D eigenvalue weighted by atomic mass is 9.98. The zero-order chi connectivity index (χ0) is 17.4. The molecule has 4 rings (SSSR count). The molecule has 3 aromatic rings. The second-order valence-electron chi connectivity index (χ2n) is 6.57. The lowest BCUT2D eigenvalue weighted by Gasteiger charge is -2.26. The molecule has 1 aliphatic heterocycles. The molecule has 0 bridgehead atoms. The molecule has 0 aliphatic carbocycles. The number of aryl methyl sites for hydroxylation is 1. The molecule has 1 fully saturated rings. The third-order valence-corrected chi connectivity index (χ3v) is 4.60. The minimum Gasteiger partial charge on any atom is -0.341 e. The maximum Gasteiger partial charge on any atom is 0.253 e. The summed E-state index contributed by atoms with van der Waals surface area (Å²) in [6.07, 6.45) is 4.56. The van der Waals surface area contributed by atoms with Crippen LogP contribution in [0.25, 0.3) is 5.52 Å². The highest BCUT2D eigenvalue weighted by atomic mass is 16.5. The van der Waals surface area contributed by atoms with Crippen LogP contribution >= 0.6 is 0 Å². The monoisotopic (exact) mass is 340 g/mol. The van der Waals surface area contributed by atoms with Gasteiger partial charge in [0.05, 0.1) is 11.7 Å². The van der Waals surface area contributed by atoms with E-state index in [1.54, 1.807) is 6.92 Å². The Balaban J connectivity index is 1.58. The Morgan fingerprint density at radius 2 is 2.32 bits per heavy atom. The number of hydrogen-bond donors (Lipinski definition) is 1. The maximum atomic E-state index is 11.8. The average Bonchev–Trinajstić information content (AvgIpc) is 3.28. The third-order valence-electron chi connectivity index (χ3n) is 4.60. The van der Waals surface area contributed by atoms with E-state index in [0.29, 0.717) is 18.3 Å². The van der Waals surface area contributed by atoms with Crippen LogP contribution in [0.1, 0.15) is 30.6 Å². The van der Waals surface area contributed by atoms with E-state index in [1.165, 1.54) is 6.92 Å². The van der Waals surface area contributed by atoms with Gasteiger partial charge in [-0.25, -0.2) is 4.52 Å². The van der Waals surface area contributed by atoms with Crippen molar-refractivity contribution in [3.8, 4) is 0 Å². The van der Waals surface area contributed by atoms with Crippen molar-refractivity contribution in [3.63, 3.8) is 0 Å². The largest absolute Gasteiger partial charge is 0.341 e. The molecule has 0 aromatic carbocycles. The van der Waals surface area contributed by atoms with Crippen molar-refractivity contribution in [2.45, 2.75) is 32.4 Å². The first kappa shape index (κ1) is 15.8. The van der Waals surface area contributed by atoms with Crippen LogP contribution in [0.15, 0.2) is 35.1 Å². The van der Waals surface area contributed by atoms with Crippen molar-refractivity contribution in [1.29, 1.82) is 0 Å². The Morgan fingerprint density at radius 3 is 3.08 bits per heavy atom. The van der Waals surface area contributed by atoms with E-state index in [9.17, 15) is 4.79 Å². The standard InChI is InChI=1S/C17H20N6O2/c1-12-19-16(25-21-12)17(20-13(2)24)6-8-22(11-17)10-14-9-18-23-7-4-3-5-15(14)23/h3-5,7,9H,6,8,10-11H2,1-2H3,(H,20,24). The molecule has 1 amide bonds. The highest BCUT2D eigenvalue weighted by molar-refractivity contribution is 5.74. The van der Waals surface area contributed by atoms with Crippen LogP contribution in [-0.4, -0.2) is 43.7 Å². The van der Waals surface area contributed by atoms with Crippen LogP contribution in [0.3, 0.4) is 0 Å². The van der Waals surface area contributed by atoms with E-state index >= 15 is 0 Å². The molecule has 1 aliphatic rings. The lowest BCUT2D eigenvalue weighted by molar-refractivity contribution is -0.121. The highest BCUT2D eigenvalue weighted by Gasteiger charge is 2.45. The predicted octanol–water partition coefficient (Wildman–Crippen LogP) is 1.26. The minimum atomic E-state index is -0.629. The molecular formula is C17H20N6O2. The highest BCUT2D eigenvalue weighted by Crippen LogP contribution is 2.32. The van der Waals surface area contributed by atoms with Gasteiger partial charge in [0.2, 0.25) is 5.91 Å². The van der Waals surface area contributed by atoms with Gasteiger partial charge in [0, 0.05) is 38.3 Å². The van der Waals surface area contributed by atoms with Gasteiger partial charge in [-0.05, 0) is 25.5 Å². The molecule has 3 aromatic heterocycles. The number of pyridine rings is 1. The van der Waals surface area contributed by atoms with Gasteiger partial charge < -0.3 is 9.84 Å². The topological polar surface area (TPSA) is 88.6 Å². The van der Waals surface area contributed by atoms with Crippen molar-refractivity contribution < 1.29 is 9.32 Å². The number of nitrogens with one attached hydrogen (secondary N) is 1. The van der Waals surface area contributed by atoms with Gasteiger partial charge >= 0.3 is 0 Å². The summed E-state index contributed by atoms with van der Waals surface area (Å²) in [6, 6.07) is 6.02.